The van der Waals surface area contributed by atoms with Gasteiger partial charge in [-0.1, -0.05) is 20.8 Å². The largest absolute Gasteiger partial charge is 0.313 e. The number of sulfone groups is 1. The van der Waals surface area contributed by atoms with Crippen LogP contribution in [0.1, 0.15) is 33.6 Å². The fourth-order valence-electron chi connectivity index (χ4n) is 3.10. The second kappa shape index (κ2) is 7.18. The quantitative estimate of drug-likeness (QED) is 0.800. The van der Waals surface area contributed by atoms with Gasteiger partial charge in [-0.15, -0.1) is 0 Å². The third-order valence-electron chi connectivity index (χ3n) is 3.81. The Morgan fingerprint density at radius 3 is 2.42 bits per heavy atom. The lowest BCUT2D eigenvalue weighted by Crippen LogP contribution is -2.50. The molecule has 0 heterocycles. The molecular formula is C13H27NO3S2. The number of nitrogens with one attached hydrogen (secondary N) is 1. The first kappa shape index (κ1) is 17.1. The third kappa shape index (κ3) is 5.52. The Balaban J connectivity index is 2.72. The standard InChI is InChI=1S/C13H27NO3S2/c1-5-14-12-9-10(2)8-11(3)13(12)18(15)6-7-19(4,16)17/h10-14H,5-9H2,1-4H3. The van der Waals surface area contributed by atoms with Crippen LogP contribution in [0, 0.1) is 11.8 Å². The van der Waals surface area contributed by atoms with Gasteiger partial charge in [0.2, 0.25) is 0 Å². The van der Waals surface area contributed by atoms with Crippen LogP contribution in [-0.4, -0.2) is 48.2 Å². The summed E-state index contributed by atoms with van der Waals surface area (Å²) in [7, 11) is -4.10. The van der Waals surface area contributed by atoms with Gasteiger partial charge in [0.15, 0.2) is 0 Å². The van der Waals surface area contributed by atoms with Gasteiger partial charge in [-0.2, -0.15) is 0 Å². The minimum Gasteiger partial charge on any atom is -0.313 e. The molecule has 0 saturated heterocycles. The highest BCUT2D eigenvalue weighted by Gasteiger charge is 2.37. The van der Waals surface area contributed by atoms with E-state index in [4.69, 9.17) is 0 Å². The van der Waals surface area contributed by atoms with E-state index in [0.29, 0.717) is 11.8 Å². The van der Waals surface area contributed by atoms with Crippen LogP contribution in [0.2, 0.25) is 0 Å². The minimum atomic E-state index is -3.03. The van der Waals surface area contributed by atoms with E-state index in [1.807, 2.05) is 0 Å². The van der Waals surface area contributed by atoms with E-state index < -0.39 is 20.6 Å². The van der Waals surface area contributed by atoms with Crippen molar-refractivity contribution in [1.29, 1.82) is 0 Å². The van der Waals surface area contributed by atoms with E-state index in [1.54, 1.807) is 0 Å². The average molecular weight is 309 g/mol. The van der Waals surface area contributed by atoms with Crippen LogP contribution < -0.4 is 5.32 Å². The van der Waals surface area contributed by atoms with Crippen molar-refractivity contribution in [2.45, 2.75) is 44.9 Å². The van der Waals surface area contributed by atoms with Crippen LogP contribution in [-0.2, 0) is 20.6 Å². The lowest BCUT2D eigenvalue weighted by molar-refractivity contribution is 0.248. The van der Waals surface area contributed by atoms with Gasteiger partial charge in [0, 0.05) is 28.9 Å². The van der Waals surface area contributed by atoms with Crippen molar-refractivity contribution in [3.63, 3.8) is 0 Å². The molecule has 1 aliphatic carbocycles. The summed E-state index contributed by atoms with van der Waals surface area (Å²) in [6.45, 7) is 7.30. The van der Waals surface area contributed by atoms with Gasteiger partial charge in [-0.25, -0.2) is 8.42 Å². The van der Waals surface area contributed by atoms with Crippen molar-refractivity contribution in [2.24, 2.45) is 11.8 Å². The molecule has 0 aromatic rings. The molecule has 1 saturated carbocycles. The fourth-order valence-corrected chi connectivity index (χ4v) is 6.45. The first-order valence-electron chi connectivity index (χ1n) is 7.02. The molecule has 4 nitrogen and oxygen atoms in total. The Kier molecular flexibility index (Phi) is 6.47. The summed E-state index contributed by atoms with van der Waals surface area (Å²) in [6, 6.07) is 0.254. The number of hydrogen-bond donors (Lipinski definition) is 1. The summed E-state index contributed by atoms with van der Waals surface area (Å²) in [5.41, 5.74) is 0. The Morgan fingerprint density at radius 2 is 1.89 bits per heavy atom. The Bertz CT molecular complexity index is 408. The highest BCUT2D eigenvalue weighted by molar-refractivity contribution is 7.92. The maximum absolute atomic E-state index is 12.5. The summed E-state index contributed by atoms with van der Waals surface area (Å²) >= 11 is 0. The molecule has 5 atom stereocenters. The summed E-state index contributed by atoms with van der Waals surface area (Å²) in [5, 5.41) is 3.51. The highest BCUT2D eigenvalue weighted by atomic mass is 32.2. The van der Waals surface area contributed by atoms with Crippen LogP contribution in [0.15, 0.2) is 0 Å². The van der Waals surface area contributed by atoms with Gasteiger partial charge in [0.1, 0.15) is 9.84 Å². The fraction of sp³-hybridized carbons (Fsp3) is 1.00. The van der Waals surface area contributed by atoms with E-state index in [-0.39, 0.29) is 22.8 Å². The van der Waals surface area contributed by atoms with Crippen LogP contribution in [0.3, 0.4) is 0 Å². The lowest BCUT2D eigenvalue weighted by atomic mass is 9.80. The maximum Gasteiger partial charge on any atom is 0.148 e. The monoisotopic (exact) mass is 309 g/mol. The Morgan fingerprint density at radius 1 is 1.26 bits per heavy atom. The van der Waals surface area contributed by atoms with Gasteiger partial charge in [-0.3, -0.25) is 4.21 Å². The summed E-state index contributed by atoms with van der Waals surface area (Å²) in [6.07, 6.45) is 3.32. The predicted molar refractivity (Wildman–Crippen MR) is 81.5 cm³/mol. The molecule has 0 aromatic carbocycles. The zero-order valence-corrected chi connectivity index (χ0v) is 14.0. The maximum atomic E-state index is 12.5. The molecule has 114 valence electrons. The Labute approximate surface area is 120 Å². The summed E-state index contributed by atoms with van der Waals surface area (Å²) < 4.78 is 34.9. The third-order valence-corrected chi connectivity index (χ3v) is 7.02. The first-order chi connectivity index (χ1) is 8.74. The van der Waals surface area contributed by atoms with E-state index in [2.05, 4.69) is 26.1 Å². The summed E-state index contributed by atoms with van der Waals surface area (Å²) in [4.78, 5) is 0. The van der Waals surface area contributed by atoms with Crippen molar-refractivity contribution < 1.29 is 12.6 Å². The molecular weight excluding hydrogens is 282 g/mol. The van der Waals surface area contributed by atoms with Crippen molar-refractivity contribution in [3.05, 3.63) is 0 Å². The Hall–Kier alpha value is 0.0600. The van der Waals surface area contributed by atoms with Gasteiger partial charge >= 0.3 is 0 Å². The van der Waals surface area contributed by atoms with E-state index in [9.17, 15) is 12.6 Å². The topological polar surface area (TPSA) is 63.2 Å². The second-order valence-electron chi connectivity index (χ2n) is 5.90. The van der Waals surface area contributed by atoms with Gasteiger partial charge < -0.3 is 5.32 Å². The molecule has 1 N–H and O–H groups in total. The van der Waals surface area contributed by atoms with Gasteiger partial charge in [0.25, 0.3) is 0 Å². The molecule has 1 fully saturated rings. The van der Waals surface area contributed by atoms with Crippen LogP contribution >= 0.6 is 0 Å². The molecule has 0 radical (unpaired) electrons. The normalized spacial score (nSPS) is 34.1. The van der Waals surface area contributed by atoms with Crippen molar-refractivity contribution in [1.82, 2.24) is 5.32 Å². The molecule has 0 spiro atoms. The van der Waals surface area contributed by atoms with Gasteiger partial charge in [0.05, 0.1) is 11.0 Å². The SMILES string of the molecule is CCNC1CC(C)CC(C)C1S(=O)CCS(C)(=O)=O. The minimum absolute atomic E-state index is 0.0250. The molecule has 0 aromatic heterocycles. The molecule has 0 aliphatic heterocycles. The molecule has 5 unspecified atom stereocenters. The summed E-state index contributed by atoms with van der Waals surface area (Å²) in [5.74, 6) is 1.32. The van der Waals surface area contributed by atoms with Crippen molar-refractivity contribution in [3.8, 4) is 0 Å². The van der Waals surface area contributed by atoms with Crippen molar-refractivity contribution in [2.75, 3.05) is 24.3 Å². The zero-order chi connectivity index (χ0) is 14.6. The van der Waals surface area contributed by atoms with Crippen LogP contribution in [0.5, 0.6) is 0 Å². The molecule has 6 heteroatoms. The number of hydrogen-bond acceptors (Lipinski definition) is 4. The smallest absolute Gasteiger partial charge is 0.148 e. The van der Waals surface area contributed by atoms with E-state index in [0.717, 1.165) is 19.4 Å². The first-order valence-corrected chi connectivity index (χ1v) is 10.5. The zero-order valence-electron chi connectivity index (χ0n) is 12.4. The lowest BCUT2D eigenvalue weighted by Gasteiger charge is -2.39. The second-order valence-corrected chi connectivity index (χ2v) is 9.87. The number of rotatable bonds is 6. The van der Waals surface area contributed by atoms with Crippen LogP contribution in [0.25, 0.3) is 0 Å². The molecule has 1 rings (SSSR count). The highest BCUT2D eigenvalue weighted by Crippen LogP contribution is 2.32. The van der Waals surface area contributed by atoms with Crippen molar-refractivity contribution >= 4 is 20.6 Å². The van der Waals surface area contributed by atoms with E-state index >= 15 is 0 Å². The van der Waals surface area contributed by atoms with E-state index in [1.165, 1.54) is 6.26 Å². The molecule has 19 heavy (non-hydrogen) atoms. The van der Waals surface area contributed by atoms with Crippen LogP contribution in [0.4, 0.5) is 0 Å². The molecule has 0 amide bonds. The average Bonchev–Trinajstić information content (AvgIpc) is 2.24. The predicted octanol–water partition coefficient (Wildman–Crippen LogP) is 1.19. The molecule has 1 aliphatic rings. The van der Waals surface area contributed by atoms with Gasteiger partial charge in [-0.05, 0) is 31.2 Å². The molecule has 0 bridgehead atoms.